The van der Waals surface area contributed by atoms with Crippen LogP contribution in [0.1, 0.15) is 55.5 Å². The standard InChI is InChI=1S/C37H38F6N6O5/c1-36(2,3)54-35(52)45-30(15-23-10-7-11-26(14-23)53-21-22-8-5-4-6-9-22)33(51)44-25(16-24-17-28(39)29(40)19-27(24)38)18-32(50)48-12-13-49-31(20-48)46-47-34(49)37(41,42)43/h4-11,14,17,19,25,30H,12-13,15-16,18,20-21H2,1-3H3,(H,44,51)(H,45,52). The van der Waals surface area contributed by atoms with Gasteiger partial charge in [0.25, 0.3) is 0 Å². The molecule has 0 aliphatic carbocycles. The number of hydrogen-bond acceptors (Lipinski definition) is 7. The molecule has 54 heavy (non-hydrogen) atoms. The lowest BCUT2D eigenvalue weighted by Gasteiger charge is -2.30. The summed E-state index contributed by atoms with van der Waals surface area (Å²) in [7, 11) is 0. The molecule has 4 aromatic rings. The highest BCUT2D eigenvalue weighted by molar-refractivity contribution is 5.87. The number of fused-ring (bicyclic) bond motifs is 1. The lowest BCUT2D eigenvalue weighted by atomic mass is 9.99. The first-order chi connectivity index (χ1) is 25.4. The van der Waals surface area contributed by atoms with E-state index in [4.69, 9.17) is 9.47 Å². The molecule has 0 bridgehead atoms. The van der Waals surface area contributed by atoms with Crippen molar-refractivity contribution < 1.29 is 50.2 Å². The molecule has 5 rings (SSSR count). The van der Waals surface area contributed by atoms with Crippen LogP contribution in [0.15, 0.2) is 66.7 Å². The monoisotopic (exact) mass is 760 g/mol. The molecule has 2 N–H and O–H groups in total. The van der Waals surface area contributed by atoms with E-state index in [9.17, 15) is 40.7 Å². The predicted octanol–water partition coefficient (Wildman–Crippen LogP) is 5.89. The van der Waals surface area contributed by atoms with Gasteiger partial charge in [-0.25, -0.2) is 18.0 Å². The first kappa shape index (κ1) is 39.6. The zero-order valence-corrected chi connectivity index (χ0v) is 29.6. The lowest BCUT2D eigenvalue weighted by molar-refractivity contribution is -0.148. The molecule has 2 unspecified atom stereocenters. The predicted molar refractivity (Wildman–Crippen MR) is 181 cm³/mol. The Morgan fingerprint density at radius 1 is 0.833 bits per heavy atom. The van der Waals surface area contributed by atoms with Crippen LogP contribution >= 0.6 is 0 Å². The maximum atomic E-state index is 14.9. The number of alkyl halides is 3. The second kappa shape index (κ2) is 16.6. The topological polar surface area (TPSA) is 128 Å². The molecule has 3 aromatic carbocycles. The van der Waals surface area contributed by atoms with E-state index in [2.05, 4.69) is 20.8 Å². The van der Waals surface area contributed by atoms with Crippen molar-refractivity contribution in [3.05, 3.63) is 113 Å². The van der Waals surface area contributed by atoms with Crippen LogP contribution in [0.3, 0.4) is 0 Å². The molecule has 0 fully saturated rings. The number of halogens is 6. The molecule has 0 radical (unpaired) electrons. The molecule has 1 aliphatic rings. The number of carbonyl (C=O) groups excluding carboxylic acids is 3. The van der Waals surface area contributed by atoms with Gasteiger partial charge in [-0.2, -0.15) is 13.2 Å². The number of amides is 3. The SMILES string of the molecule is CC(C)(C)OC(=O)NC(Cc1cccc(OCc2ccccc2)c1)C(=O)NC(CC(=O)N1CCn2c(nnc2C(F)(F)F)C1)Cc1cc(F)c(F)cc1F. The van der Waals surface area contributed by atoms with Crippen molar-refractivity contribution in [1.29, 1.82) is 0 Å². The molecule has 17 heteroatoms. The van der Waals surface area contributed by atoms with E-state index >= 15 is 0 Å². The first-order valence-electron chi connectivity index (χ1n) is 16.9. The maximum Gasteiger partial charge on any atom is 0.451 e. The van der Waals surface area contributed by atoms with Crippen LogP contribution in [0.4, 0.5) is 31.1 Å². The number of rotatable bonds is 12. The van der Waals surface area contributed by atoms with Crippen LogP contribution in [0.5, 0.6) is 5.75 Å². The number of carbonyl (C=O) groups is 3. The third-order valence-corrected chi connectivity index (χ3v) is 8.28. The fourth-order valence-electron chi connectivity index (χ4n) is 5.78. The van der Waals surface area contributed by atoms with Crippen LogP contribution in [-0.2, 0) is 53.0 Å². The van der Waals surface area contributed by atoms with Gasteiger partial charge in [-0.3, -0.25) is 9.59 Å². The summed E-state index contributed by atoms with van der Waals surface area (Å²) in [4.78, 5) is 41.7. The highest BCUT2D eigenvalue weighted by Gasteiger charge is 2.40. The number of alkyl carbamates (subject to hydrolysis) is 1. The lowest BCUT2D eigenvalue weighted by Crippen LogP contribution is -2.53. The van der Waals surface area contributed by atoms with Gasteiger partial charge in [0.1, 0.15) is 29.8 Å². The van der Waals surface area contributed by atoms with Gasteiger partial charge in [-0.05, 0) is 62.1 Å². The summed E-state index contributed by atoms with van der Waals surface area (Å²) in [5, 5.41) is 11.9. The molecule has 0 saturated heterocycles. The number of aromatic nitrogens is 3. The van der Waals surface area contributed by atoms with Crippen LogP contribution < -0.4 is 15.4 Å². The summed E-state index contributed by atoms with van der Waals surface area (Å²) in [5.74, 6) is -6.29. The summed E-state index contributed by atoms with van der Waals surface area (Å²) in [6, 6.07) is 14.5. The molecular formula is C37H38F6N6O5. The van der Waals surface area contributed by atoms with Crippen molar-refractivity contribution in [3.63, 3.8) is 0 Å². The average molecular weight is 761 g/mol. The third kappa shape index (κ3) is 10.7. The number of ether oxygens (including phenoxy) is 2. The Morgan fingerprint density at radius 2 is 1.54 bits per heavy atom. The van der Waals surface area contributed by atoms with Crippen LogP contribution in [-0.4, -0.2) is 61.8 Å². The Balaban J connectivity index is 1.37. The van der Waals surface area contributed by atoms with Crippen molar-refractivity contribution in [2.24, 2.45) is 0 Å². The van der Waals surface area contributed by atoms with Gasteiger partial charge < -0.3 is 29.6 Å². The van der Waals surface area contributed by atoms with E-state index in [-0.39, 0.29) is 44.0 Å². The third-order valence-electron chi connectivity index (χ3n) is 8.28. The largest absolute Gasteiger partial charge is 0.489 e. The van der Waals surface area contributed by atoms with E-state index in [1.165, 1.54) is 4.90 Å². The number of nitrogens with zero attached hydrogens (tertiary/aromatic N) is 4. The Kier molecular flexibility index (Phi) is 12.2. The molecule has 0 saturated carbocycles. The quantitative estimate of drug-likeness (QED) is 0.136. The minimum atomic E-state index is -4.76. The summed E-state index contributed by atoms with van der Waals surface area (Å²) in [6.45, 7) is 4.36. The average Bonchev–Trinajstić information content (AvgIpc) is 3.54. The normalized spacial score (nSPS) is 14.1. The Bertz CT molecular complexity index is 1970. The van der Waals surface area contributed by atoms with Gasteiger partial charge in [0.2, 0.25) is 17.6 Å². The van der Waals surface area contributed by atoms with Crippen molar-refractivity contribution in [1.82, 2.24) is 30.3 Å². The Morgan fingerprint density at radius 3 is 2.24 bits per heavy atom. The molecule has 2 heterocycles. The molecule has 3 amide bonds. The Hall–Kier alpha value is -5.61. The summed E-state index contributed by atoms with van der Waals surface area (Å²) < 4.78 is 95.1. The van der Waals surface area contributed by atoms with Crippen molar-refractivity contribution >= 4 is 17.9 Å². The highest BCUT2D eigenvalue weighted by Crippen LogP contribution is 2.30. The maximum absolute atomic E-state index is 14.9. The summed E-state index contributed by atoms with van der Waals surface area (Å²) in [5.41, 5.74) is 0.184. The summed E-state index contributed by atoms with van der Waals surface area (Å²) >= 11 is 0. The molecular weight excluding hydrogens is 722 g/mol. The van der Waals surface area contributed by atoms with E-state index in [0.717, 1.165) is 10.1 Å². The van der Waals surface area contributed by atoms with Crippen molar-refractivity contribution in [3.8, 4) is 5.75 Å². The van der Waals surface area contributed by atoms with Crippen LogP contribution in [0.2, 0.25) is 0 Å². The van der Waals surface area contributed by atoms with Gasteiger partial charge in [-0.15, -0.1) is 10.2 Å². The number of hydrogen-bond donors (Lipinski definition) is 2. The van der Waals surface area contributed by atoms with Gasteiger partial charge in [0.15, 0.2) is 17.5 Å². The smallest absolute Gasteiger partial charge is 0.451 e. The van der Waals surface area contributed by atoms with Crippen LogP contribution in [0.25, 0.3) is 0 Å². The fraction of sp³-hybridized carbons (Fsp3) is 0.378. The van der Waals surface area contributed by atoms with Gasteiger partial charge >= 0.3 is 12.3 Å². The molecule has 11 nitrogen and oxygen atoms in total. The molecule has 288 valence electrons. The highest BCUT2D eigenvalue weighted by atomic mass is 19.4. The van der Waals surface area contributed by atoms with Gasteiger partial charge in [0, 0.05) is 38.0 Å². The first-order valence-corrected chi connectivity index (χ1v) is 16.9. The zero-order valence-electron chi connectivity index (χ0n) is 29.6. The van der Waals surface area contributed by atoms with Gasteiger partial charge in [0.05, 0.1) is 6.54 Å². The second-order valence-corrected chi connectivity index (χ2v) is 13.7. The second-order valence-electron chi connectivity index (χ2n) is 13.7. The fourth-order valence-corrected chi connectivity index (χ4v) is 5.78. The number of nitrogens with one attached hydrogen (secondary N) is 2. The van der Waals surface area contributed by atoms with E-state index in [0.29, 0.717) is 23.4 Å². The number of benzene rings is 3. The molecule has 1 aliphatic heterocycles. The molecule has 0 spiro atoms. The van der Waals surface area contributed by atoms with E-state index in [1.54, 1.807) is 45.0 Å². The van der Waals surface area contributed by atoms with Crippen molar-refractivity contribution in [2.45, 2.75) is 83.6 Å². The van der Waals surface area contributed by atoms with Gasteiger partial charge in [-0.1, -0.05) is 42.5 Å². The molecule has 1 aromatic heterocycles. The minimum Gasteiger partial charge on any atom is -0.489 e. The minimum absolute atomic E-state index is 0.100. The molecule has 2 atom stereocenters. The summed E-state index contributed by atoms with van der Waals surface area (Å²) in [6.07, 6.45) is -6.83. The van der Waals surface area contributed by atoms with E-state index in [1.807, 2.05) is 30.3 Å². The van der Waals surface area contributed by atoms with Crippen molar-refractivity contribution in [2.75, 3.05) is 6.54 Å². The Labute approximate surface area is 306 Å². The zero-order chi connectivity index (χ0) is 39.2. The van der Waals surface area contributed by atoms with E-state index < -0.39 is 77.9 Å². The van der Waals surface area contributed by atoms with Crippen LogP contribution in [0, 0.1) is 17.5 Å².